The van der Waals surface area contributed by atoms with E-state index in [1.54, 1.807) is 6.92 Å². The topological polar surface area (TPSA) is 49.5 Å². The average Bonchev–Trinajstić information content (AvgIpc) is 2.13. The number of likely N-dealkylation sites (N-methyl/N-ethyl adjacent to an activating group) is 1. The second-order valence-electron chi connectivity index (χ2n) is 5.32. The van der Waals surface area contributed by atoms with E-state index in [1.807, 2.05) is 20.8 Å². The van der Waals surface area contributed by atoms with Gasteiger partial charge < -0.3 is 10.8 Å². The van der Waals surface area contributed by atoms with Gasteiger partial charge >= 0.3 is 6.18 Å². The Morgan fingerprint density at radius 2 is 1.71 bits per heavy atom. The van der Waals surface area contributed by atoms with Crippen LogP contribution in [0.4, 0.5) is 13.2 Å². The van der Waals surface area contributed by atoms with Crippen molar-refractivity contribution in [3.8, 4) is 0 Å². The molecule has 0 radical (unpaired) electrons. The first-order chi connectivity index (χ1) is 7.53. The van der Waals surface area contributed by atoms with Crippen LogP contribution in [0.1, 0.15) is 27.7 Å². The summed E-state index contributed by atoms with van der Waals surface area (Å²) in [4.78, 5) is 1.18. The summed E-state index contributed by atoms with van der Waals surface area (Å²) in [6.45, 7) is 5.96. The minimum Gasteiger partial charge on any atom is -0.395 e. The van der Waals surface area contributed by atoms with Gasteiger partial charge in [0, 0.05) is 12.1 Å². The molecule has 104 valence electrons. The van der Waals surface area contributed by atoms with Crippen LogP contribution < -0.4 is 5.73 Å². The molecule has 6 heteroatoms. The Kier molecular flexibility index (Phi) is 5.90. The van der Waals surface area contributed by atoms with Gasteiger partial charge in [-0.2, -0.15) is 13.2 Å². The summed E-state index contributed by atoms with van der Waals surface area (Å²) in [5.74, 6) is 0. The van der Waals surface area contributed by atoms with Crippen molar-refractivity contribution < 1.29 is 18.3 Å². The molecule has 0 aromatic rings. The highest BCUT2D eigenvalue weighted by molar-refractivity contribution is 4.90. The lowest BCUT2D eigenvalue weighted by atomic mass is 9.82. The molecule has 0 saturated carbocycles. The number of hydrogen-bond acceptors (Lipinski definition) is 3. The van der Waals surface area contributed by atoms with Gasteiger partial charge in [-0.1, -0.05) is 27.7 Å². The van der Waals surface area contributed by atoms with Crippen molar-refractivity contribution in [3.05, 3.63) is 0 Å². The van der Waals surface area contributed by atoms with Crippen LogP contribution in [0.2, 0.25) is 0 Å². The monoisotopic (exact) mass is 256 g/mol. The third kappa shape index (κ3) is 5.70. The number of aliphatic hydroxyl groups is 1. The molecule has 0 spiro atoms. The Morgan fingerprint density at radius 1 is 1.24 bits per heavy atom. The van der Waals surface area contributed by atoms with Crippen LogP contribution in [0.25, 0.3) is 0 Å². The Balaban J connectivity index is 4.82. The summed E-state index contributed by atoms with van der Waals surface area (Å²) in [6, 6.07) is -1.20. The van der Waals surface area contributed by atoms with Crippen molar-refractivity contribution in [2.45, 2.75) is 46.0 Å². The molecule has 17 heavy (non-hydrogen) atoms. The molecule has 0 heterocycles. The highest BCUT2D eigenvalue weighted by atomic mass is 19.4. The van der Waals surface area contributed by atoms with E-state index in [0.717, 1.165) is 0 Å². The van der Waals surface area contributed by atoms with Gasteiger partial charge in [0.2, 0.25) is 0 Å². The first-order valence-corrected chi connectivity index (χ1v) is 5.70. The van der Waals surface area contributed by atoms with E-state index in [2.05, 4.69) is 0 Å². The highest BCUT2D eigenvalue weighted by Gasteiger charge is 2.37. The lowest BCUT2D eigenvalue weighted by Gasteiger charge is -2.40. The zero-order valence-electron chi connectivity index (χ0n) is 10.9. The van der Waals surface area contributed by atoms with Gasteiger partial charge in [0.25, 0.3) is 0 Å². The fraction of sp³-hybridized carbons (Fsp3) is 1.00. The molecule has 2 atom stereocenters. The molecular weight excluding hydrogens is 233 g/mol. The second-order valence-corrected chi connectivity index (χ2v) is 5.32. The Morgan fingerprint density at radius 3 is 1.94 bits per heavy atom. The third-order valence-electron chi connectivity index (χ3n) is 2.86. The molecule has 0 bridgehead atoms. The van der Waals surface area contributed by atoms with Gasteiger partial charge in [0.15, 0.2) is 0 Å². The molecule has 0 aromatic heterocycles. The summed E-state index contributed by atoms with van der Waals surface area (Å²) in [5, 5.41) is 9.27. The van der Waals surface area contributed by atoms with Gasteiger partial charge in [0.1, 0.15) is 0 Å². The summed E-state index contributed by atoms with van der Waals surface area (Å²) >= 11 is 0. The van der Waals surface area contributed by atoms with Crippen LogP contribution in [0.3, 0.4) is 0 Å². The van der Waals surface area contributed by atoms with E-state index in [9.17, 15) is 18.3 Å². The predicted molar refractivity (Wildman–Crippen MR) is 61.6 cm³/mol. The SMILES string of the molecule is CCN(CC(F)(F)F)C(CO)C(N)C(C)(C)C. The van der Waals surface area contributed by atoms with Crippen molar-refractivity contribution in [2.75, 3.05) is 19.7 Å². The number of nitrogens with two attached hydrogens (primary N) is 1. The van der Waals surface area contributed by atoms with E-state index in [-0.39, 0.29) is 18.6 Å². The molecule has 0 aromatic carbocycles. The van der Waals surface area contributed by atoms with Gasteiger partial charge in [-0.05, 0) is 12.0 Å². The van der Waals surface area contributed by atoms with Gasteiger partial charge in [-0.3, -0.25) is 4.90 Å². The molecular formula is C11H23F3N2O. The quantitative estimate of drug-likeness (QED) is 0.785. The van der Waals surface area contributed by atoms with Gasteiger partial charge in [0.05, 0.1) is 13.2 Å². The summed E-state index contributed by atoms with van der Waals surface area (Å²) in [7, 11) is 0. The van der Waals surface area contributed by atoms with Crippen molar-refractivity contribution >= 4 is 0 Å². The summed E-state index contributed by atoms with van der Waals surface area (Å²) in [5.41, 5.74) is 5.58. The molecule has 0 saturated heterocycles. The van der Waals surface area contributed by atoms with Crippen LogP contribution in [0.5, 0.6) is 0 Å². The van der Waals surface area contributed by atoms with Crippen molar-refractivity contribution in [1.82, 2.24) is 4.90 Å². The molecule has 3 N–H and O–H groups in total. The normalized spacial score (nSPS) is 17.3. The van der Waals surface area contributed by atoms with Crippen LogP contribution in [-0.4, -0.2) is 48.0 Å². The van der Waals surface area contributed by atoms with E-state index in [4.69, 9.17) is 5.73 Å². The molecule has 0 aliphatic heterocycles. The van der Waals surface area contributed by atoms with E-state index < -0.39 is 24.8 Å². The first kappa shape index (κ1) is 16.7. The first-order valence-electron chi connectivity index (χ1n) is 5.70. The molecule has 3 nitrogen and oxygen atoms in total. The maximum Gasteiger partial charge on any atom is 0.401 e. The number of nitrogens with zero attached hydrogens (tertiary/aromatic N) is 1. The van der Waals surface area contributed by atoms with Crippen LogP contribution in [-0.2, 0) is 0 Å². The number of rotatable bonds is 5. The van der Waals surface area contributed by atoms with Crippen LogP contribution in [0, 0.1) is 5.41 Å². The largest absolute Gasteiger partial charge is 0.401 e. The second kappa shape index (κ2) is 6.02. The fourth-order valence-electron chi connectivity index (χ4n) is 1.73. The third-order valence-corrected chi connectivity index (χ3v) is 2.86. The number of alkyl halides is 3. The molecule has 0 amide bonds. The lowest BCUT2D eigenvalue weighted by Crippen LogP contribution is -2.57. The minimum atomic E-state index is -4.28. The van der Waals surface area contributed by atoms with E-state index in [0.29, 0.717) is 0 Å². The molecule has 0 aliphatic rings. The van der Waals surface area contributed by atoms with Crippen LogP contribution in [0.15, 0.2) is 0 Å². The Labute approximate surface area is 101 Å². The van der Waals surface area contributed by atoms with Crippen LogP contribution >= 0.6 is 0 Å². The Bertz CT molecular complexity index is 226. The van der Waals surface area contributed by atoms with Gasteiger partial charge in [-0.25, -0.2) is 0 Å². The molecule has 0 aliphatic carbocycles. The lowest BCUT2D eigenvalue weighted by molar-refractivity contribution is -0.154. The summed E-state index contributed by atoms with van der Waals surface area (Å²) in [6.07, 6.45) is -4.28. The molecule has 2 unspecified atom stereocenters. The Hall–Kier alpha value is -0.330. The van der Waals surface area contributed by atoms with Crippen molar-refractivity contribution in [3.63, 3.8) is 0 Å². The van der Waals surface area contributed by atoms with Gasteiger partial charge in [-0.15, -0.1) is 0 Å². The zero-order valence-corrected chi connectivity index (χ0v) is 10.9. The number of halogens is 3. The minimum absolute atomic E-state index is 0.203. The molecule has 0 rings (SSSR count). The van der Waals surface area contributed by atoms with E-state index in [1.165, 1.54) is 4.90 Å². The zero-order chi connectivity index (χ0) is 13.9. The number of aliphatic hydroxyl groups excluding tert-OH is 1. The average molecular weight is 256 g/mol. The highest BCUT2D eigenvalue weighted by Crippen LogP contribution is 2.25. The standard InChI is InChI=1S/C11H23F3N2O/c1-5-16(7-11(12,13)14)8(6-17)9(15)10(2,3)4/h8-9,17H,5-7,15H2,1-4H3. The maximum atomic E-state index is 12.4. The molecule has 0 fully saturated rings. The predicted octanol–water partition coefficient (Wildman–Crippen LogP) is 1.60. The van der Waals surface area contributed by atoms with E-state index >= 15 is 0 Å². The summed E-state index contributed by atoms with van der Waals surface area (Å²) < 4.78 is 37.2. The van der Waals surface area contributed by atoms with Crippen molar-refractivity contribution in [2.24, 2.45) is 11.1 Å². The van der Waals surface area contributed by atoms with Crippen molar-refractivity contribution in [1.29, 1.82) is 0 Å². The maximum absolute atomic E-state index is 12.4. The number of hydrogen-bond donors (Lipinski definition) is 2. The fourth-order valence-corrected chi connectivity index (χ4v) is 1.73. The smallest absolute Gasteiger partial charge is 0.395 e.